The molecule has 1 aromatic heterocycles. The summed E-state index contributed by atoms with van der Waals surface area (Å²) >= 11 is 0.887. The molecule has 2 N–H and O–H groups in total. The van der Waals surface area contributed by atoms with Crippen LogP contribution in [0.3, 0.4) is 0 Å². The van der Waals surface area contributed by atoms with Gasteiger partial charge in [0.15, 0.2) is 16.8 Å². The normalized spacial score (nSPS) is 17.0. The third kappa shape index (κ3) is 4.02. The number of thiazole rings is 1. The summed E-state index contributed by atoms with van der Waals surface area (Å²) in [4.78, 5) is 32.0. The Morgan fingerprint density at radius 1 is 1.00 bits per heavy atom. The van der Waals surface area contributed by atoms with Gasteiger partial charge in [0.25, 0.3) is 5.78 Å². The Morgan fingerprint density at radius 2 is 1.70 bits per heavy atom. The van der Waals surface area contributed by atoms with Crippen molar-refractivity contribution >= 4 is 44.1 Å². The van der Waals surface area contributed by atoms with E-state index in [1.165, 1.54) is 50.6 Å². The fraction of sp³-hybridized carbons (Fsp3) is 0.115. The van der Waals surface area contributed by atoms with Crippen molar-refractivity contribution in [2.45, 2.75) is 6.04 Å². The van der Waals surface area contributed by atoms with Crippen LogP contribution in [0.4, 0.5) is 13.9 Å². The van der Waals surface area contributed by atoms with E-state index >= 15 is 0 Å². The molecule has 11 heteroatoms. The fourth-order valence-corrected chi connectivity index (χ4v) is 5.15. The summed E-state index contributed by atoms with van der Waals surface area (Å²) in [5.74, 6) is -4.09. The Bertz CT molecular complexity index is 1560. The van der Waals surface area contributed by atoms with Crippen LogP contribution in [0.2, 0.25) is 0 Å². The maximum Gasteiger partial charge on any atom is 0.301 e. The fourth-order valence-electron chi connectivity index (χ4n) is 4.16. The van der Waals surface area contributed by atoms with Crippen LogP contribution >= 0.6 is 11.3 Å². The molecule has 4 aromatic rings. The van der Waals surface area contributed by atoms with E-state index in [1.54, 1.807) is 6.07 Å². The van der Waals surface area contributed by atoms with Crippen molar-refractivity contribution in [2.24, 2.45) is 0 Å². The molecule has 1 aliphatic rings. The summed E-state index contributed by atoms with van der Waals surface area (Å²) in [6, 6.07) is 11.0. The lowest BCUT2D eigenvalue weighted by atomic mass is 9.95. The molecular formula is C26H18F2N2O6S. The first kappa shape index (κ1) is 24.2. The number of benzene rings is 3. The third-order valence-corrected chi connectivity index (χ3v) is 6.96. The van der Waals surface area contributed by atoms with Gasteiger partial charge >= 0.3 is 5.91 Å². The molecule has 2 heterocycles. The van der Waals surface area contributed by atoms with Gasteiger partial charge in [0.2, 0.25) is 0 Å². The smallest absolute Gasteiger partial charge is 0.301 e. The number of fused-ring (bicyclic) bond motifs is 1. The van der Waals surface area contributed by atoms with Crippen LogP contribution in [0.15, 0.2) is 60.2 Å². The van der Waals surface area contributed by atoms with E-state index in [0.29, 0.717) is 11.3 Å². The number of hydrogen-bond acceptors (Lipinski definition) is 8. The van der Waals surface area contributed by atoms with Gasteiger partial charge in [-0.05, 0) is 35.9 Å². The number of Topliss-reactive ketones (excluding diaryl/α,β-unsaturated/α-hetero) is 1. The van der Waals surface area contributed by atoms with Crippen LogP contribution < -0.4 is 14.4 Å². The summed E-state index contributed by atoms with van der Waals surface area (Å²) in [7, 11) is 2.83. The van der Waals surface area contributed by atoms with Gasteiger partial charge in [-0.1, -0.05) is 23.5 Å². The number of phenols is 1. The number of carbonyl (C=O) groups is 2. The first-order valence-corrected chi connectivity index (χ1v) is 11.6. The lowest BCUT2D eigenvalue weighted by Crippen LogP contribution is -2.29. The van der Waals surface area contributed by atoms with Gasteiger partial charge in [0.05, 0.1) is 41.6 Å². The van der Waals surface area contributed by atoms with Gasteiger partial charge < -0.3 is 19.7 Å². The highest BCUT2D eigenvalue weighted by atomic mass is 32.1. The molecule has 1 atom stereocenters. The summed E-state index contributed by atoms with van der Waals surface area (Å²) in [6.45, 7) is 0. The summed E-state index contributed by atoms with van der Waals surface area (Å²) in [5.41, 5.74) is 0.360. The minimum Gasteiger partial charge on any atom is -0.508 e. The van der Waals surface area contributed by atoms with Crippen LogP contribution in [0.5, 0.6) is 17.2 Å². The van der Waals surface area contributed by atoms with E-state index in [9.17, 15) is 28.6 Å². The number of aromatic nitrogens is 1. The molecule has 0 bridgehead atoms. The summed E-state index contributed by atoms with van der Waals surface area (Å²) in [6.07, 6.45) is 0. The van der Waals surface area contributed by atoms with Gasteiger partial charge in [-0.15, -0.1) is 0 Å². The zero-order valence-electron chi connectivity index (χ0n) is 19.4. The zero-order valence-corrected chi connectivity index (χ0v) is 20.2. The monoisotopic (exact) mass is 524 g/mol. The van der Waals surface area contributed by atoms with Crippen LogP contribution in [0, 0.1) is 11.6 Å². The topological polar surface area (TPSA) is 109 Å². The molecule has 37 heavy (non-hydrogen) atoms. The van der Waals surface area contributed by atoms with Crippen molar-refractivity contribution in [3.8, 4) is 17.2 Å². The maximum absolute atomic E-state index is 13.8. The number of nitrogens with zero attached hydrogens (tertiary/aromatic N) is 2. The average molecular weight is 525 g/mol. The zero-order chi connectivity index (χ0) is 26.4. The number of amides is 1. The summed E-state index contributed by atoms with van der Waals surface area (Å²) < 4.78 is 38.4. The number of ketones is 1. The molecule has 1 saturated heterocycles. The van der Waals surface area contributed by atoms with Gasteiger partial charge in [-0.2, -0.15) is 0 Å². The Balaban J connectivity index is 1.74. The molecule has 0 spiro atoms. The molecule has 1 fully saturated rings. The number of aliphatic hydroxyl groups is 1. The average Bonchev–Trinajstić information content (AvgIpc) is 3.41. The summed E-state index contributed by atoms with van der Waals surface area (Å²) in [5, 5.41) is 21.1. The van der Waals surface area contributed by atoms with Gasteiger partial charge in [-0.3, -0.25) is 14.5 Å². The van der Waals surface area contributed by atoms with Crippen molar-refractivity contribution < 1.29 is 38.1 Å². The Hall–Kier alpha value is -4.51. The standard InChI is InChI=1S/C26H18F2N2O6S/c1-35-14-7-8-15(19(9-14)36-2)23(32)21-22(12-3-5-13(31)6-4-12)30(25(34)24(21)33)26-29-18-10-16(27)17(28)11-20(18)37-26/h3-11,22,31-32H,1-2H3/b23-21+. The van der Waals surface area contributed by atoms with Gasteiger partial charge in [0.1, 0.15) is 23.0 Å². The quantitative estimate of drug-likeness (QED) is 0.217. The van der Waals surface area contributed by atoms with Crippen molar-refractivity contribution in [1.29, 1.82) is 0 Å². The number of rotatable bonds is 5. The predicted molar refractivity (Wildman–Crippen MR) is 132 cm³/mol. The number of aliphatic hydroxyl groups excluding tert-OH is 1. The van der Waals surface area contributed by atoms with E-state index in [2.05, 4.69) is 4.98 Å². The first-order chi connectivity index (χ1) is 17.7. The molecule has 3 aromatic carbocycles. The second-order valence-corrected chi connectivity index (χ2v) is 9.07. The number of hydrogen-bond donors (Lipinski definition) is 2. The number of aromatic hydroxyl groups is 1. The third-order valence-electron chi connectivity index (χ3n) is 5.94. The number of methoxy groups -OCH3 is 2. The molecule has 0 aliphatic carbocycles. The molecule has 188 valence electrons. The molecule has 8 nitrogen and oxygen atoms in total. The molecule has 1 aliphatic heterocycles. The molecule has 1 amide bonds. The van der Waals surface area contributed by atoms with E-state index in [0.717, 1.165) is 28.4 Å². The van der Waals surface area contributed by atoms with Crippen molar-refractivity contribution in [1.82, 2.24) is 4.98 Å². The van der Waals surface area contributed by atoms with E-state index in [-0.39, 0.29) is 38.0 Å². The Kier molecular flexibility index (Phi) is 6.00. The molecule has 0 saturated carbocycles. The molecule has 0 radical (unpaired) electrons. The SMILES string of the molecule is COc1ccc(/C(O)=C2\C(=O)C(=O)N(c3nc4cc(F)c(F)cc4s3)C2c2ccc(O)cc2)c(OC)c1. The minimum absolute atomic E-state index is 0.000853. The van der Waals surface area contributed by atoms with Crippen LogP contribution in [-0.2, 0) is 9.59 Å². The van der Waals surface area contributed by atoms with E-state index in [1.807, 2.05) is 0 Å². The highest BCUT2D eigenvalue weighted by molar-refractivity contribution is 7.22. The highest BCUT2D eigenvalue weighted by Gasteiger charge is 2.48. The van der Waals surface area contributed by atoms with Crippen LogP contribution in [-0.4, -0.2) is 41.1 Å². The molecular weight excluding hydrogens is 506 g/mol. The number of anilines is 1. The number of carbonyl (C=O) groups excluding carboxylic acids is 2. The first-order valence-electron chi connectivity index (χ1n) is 10.8. The number of halogens is 2. The van der Waals surface area contributed by atoms with Crippen molar-refractivity contribution in [2.75, 3.05) is 19.1 Å². The predicted octanol–water partition coefficient (Wildman–Crippen LogP) is 4.92. The van der Waals surface area contributed by atoms with Crippen molar-refractivity contribution in [3.63, 3.8) is 0 Å². The highest BCUT2D eigenvalue weighted by Crippen LogP contribution is 2.45. The largest absolute Gasteiger partial charge is 0.508 e. The molecule has 5 rings (SSSR count). The minimum atomic E-state index is -1.16. The Morgan fingerprint density at radius 3 is 2.38 bits per heavy atom. The number of ether oxygens (including phenoxy) is 2. The molecule has 1 unspecified atom stereocenters. The van der Waals surface area contributed by atoms with Crippen molar-refractivity contribution in [3.05, 3.63) is 82.9 Å². The van der Waals surface area contributed by atoms with E-state index < -0.39 is 35.1 Å². The lowest BCUT2D eigenvalue weighted by Gasteiger charge is -2.23. The lowest BCUT2D eigenvalue weighted by molar-refractivity contribution is -0.132. The second kappa shape index (κ2) is 9.17. The van der Waals surface area contributed by atoms with Crippen LogP contribution in [0.25, 0.3) is 16.0 Å². The second-order valence-electron chi connectivity index (χ2n) is 8.06. The van der Waals surface area contributed by atoms with Gasteiger partial charge in [0, 0.05) is 12.1 Å². The maximum atomic E-state index is 13.8. The number of phenolic OH excluding ortho intramolecular Hbond substituents is 1. The van der Waals surface area contributed by atoms with Crippen LogP contribution in [0.1, 0.15) is 17.2 Å². The Labute approximate surface area is 212 Å². The van der Waals surface area contributed by atoms with E-state index in [4.69, 9.17) is 9.47 Å². The van der Waals surface area contributed by atoms with Gasteiger partial charge in [-0.25, -0.2) is 13.8 Å².